The number of benzene rings is 2. The number of pyridine rings is 1. The van der Waals surface area contributed by atoms with Crippen molar-refractivity contribution in [3.8, 4) is 0 Å². The van der Waals surface area contributed by atoms with E-state index in [1.54, 1.807) is 0 Å². The maximum atomic E-state index is 4.40. The molecule has 100 valence electrons. The summed E-state index contributed by atoms with van der Waals surface area (Å²) in [6, 6.07) is 14.4. The number of hydrogen-bond donors (Lipinski definition) is 1. The minimum Gasteiger partial charge on any atom is -0.355 e. The third-order valence-electron chi connectivity index (χ3n) is 3.58. The van der Waals surface area contributed by atoms with E-state index in [9.17, 15) is 0 Å². The van der Waals surface area contributed by atoms with Crippen LogP contribution in [0.15, 0.2) is 53.1 Å². The zero-order valence-electron chi connectivity index (χ0n) is 11.4. The van der Waals surface area contributed by atoms with Crippen LogP contribution in [0, 0.1) is 13.8 Å². The van der Waals surface area contributed by atoms with Gasteiger partial charge in [0, 0.05) is 27.4 Å². The molecule has 1 heterocycles. The summed E-state index contributed by atoms with van der Waals surface area (Å²) in [5.41, 5.74) is 5.76. The van der Waals surface area contributed by atoms with Gasteiger partial charge in [-0.3, -0.25) is 4.98 Å². The molecule has 0 spiro atoms. The van der Waals surface area contributed by atoms with Gasteiger partial charge >= 0.3 is 0 Å². The van der Waals surface area contributed by atoms with Gasteiger partial charge in [-0.05, 0) is 55.3 Å². The normalized spacial score (nSPS) is 10.8. The van der Waals surface area contributed by atoms with Crippen LogP contribution >= 0.6 is 15.9 Å². The molecule has 20 heavy (non-hydrogen) atoms. The van der Waals surface area contributed by atoms with Crippen molar-refractivity contribution in [2.75, 3.05) is 5.32 Å². The average molecular weight is 327 g/mol. The monoisotopic (exact) mass is 326 g/mol. The third kappa shape index (κ3) is 2.41. The van der Waals surface area contributed by atoms with Crippen molar-refractivity contribution < 1.29 is 0 Å². The second-order valence-electron chi connectivity index (χ2n) is 4.89. The number of halogens is 1. The van der Waals surface area contributed by atoms with Gasteiger partial charge in [0.15, 0.2) is 0 Å². The number of nitrogens with one attached hydrogen (secondary N) is 1. The molecule has 0 aliphatic carbocycles. The first kappa shape index (κ1) is 13.1. The summed E-state index contributed by atoms with van der Waals surface area (Å²) in [4.78, 5) is 4.40. The van der Waals surface area contributed by atoms with Crippen LogP contribution in [0.3, 0.4) is 0 Å². The number of nitrogens with zero attached hydrogens (tertiary/aromatic N) is 1. The molecule has 0 bridgehead atoms. The predicted molar refractivity (Wildman–Crippen MR) is 88.6 cm³/mol. The van der Waals surface area contributed by atoms with Crippen LogP contribution in [0.2, 0.25) is 0 Å². The lowest BCUT2D eigenvalue weighted by Crippen LogP contribution is -1.96. The molecule has 3 rings (SSSR count). The Hall–Kier alpha value is -1.87. The first-order valence-electron chi connectivity index (χ1n) is 6.52. The Bertz CT molecular complexity index is 781. The minimum absolute atomic E-state index is 0.989. The number of fused-ring (bicyclic) bond motifs is 1. The second-order valence-corrected chi connectivity index (χ2v) is 5.81. The van der Waals surface area contributed by atoms with Crippen LogP contribution in [-0.2, 0) is 0 Å². The molecule has 0 amide bonds. The Labute approximate surface area is 127 Å². The van der Waals surface area contributed by atoms with Gasteiger partial charge in [-0.15, -0.1) is 0 Å². The fourth-order valence-corrected chi connectivity index (χ4v) is 2.62. The van der Waals surface area contributed by atoms with Crippen molar-refractivity contribution >= 4 is 38.2 Å². The number of aryl methyl sites for hydroxylation is 1. The zero-order chi connectivity index (χ0) is 14.1. The Morgan fingerprint density at radius 3 is 2.70 bits per heavy atom. The van der Waals surface area contributed by atoms with E-state index in [-0.39, 0.29) is 0 Å². The molecule has 0 unspecified atom stereocenters. The van der Waals surface area contributed by atoms with E-state index >= 15 is 0 Å². The van der Waals surface area contributed by atoms with E-state index in [2.05, 4.69) is 64.3 Å². The summed E-state index contributed by atoms with van der Waals surface area (Å²) >= 11 is 3.52. The highest BCUT2D eigenvalue weighted by atomic mass is 79.9. The fourth-order valence-electron chi connectivity index (χ4n) is 2.26. The summed E-state index contributed by atoms with van der Waals surface area (Å²) in [5.74, 6) is 0. The lowest BCUT2D eigenvalue weighted by atomic mass is 10.1. The van der Waals surface area contributed by atoms with E-state index in [0.29, 0.717) is 0 Å². The first-order chi connectivity index (χ1) is 9.65. The summed E-state index contributed by atoms with van der Waals surface area (Å²) in [5, 5.41) is 4.64. The smallest absolute Gasteiger partial charge is 0.0723 e. The van der Waals surface area contributed by atoms with E-state index in [0.717, 1.165) is 26.8 Å². The molecule has 0 atom stereocenters. The molecular weight excluding hydrogens is 312 g/mol. The highest BCUT2D eigenvalue weighted by molar-refractivity contribution is 9.10. The van der Waals surface area contributed by atoms with E-state index in [1.165, 1.54) is 11.1 Å². The third-order valence-corrected chi connectivity index (χ3v) is 4.07. The summed E-state index contributed by atoms with van der Waals surface area (Å²) in [7, 11) is 0. The van der Waals surface area contributed by atoms with Gasteiger partial charge in [-0.2, -0.15) is 0 Å². The number of rotatable bonds is 2. The predicted octanol–water partition coefficient (Wildman–Crippen LogP) is 5.36. The van der Waals surface area contributed by atoms with Gasteiger partial charge < -0.3 is 5.32 Å². The van der Waals surface area contributed by atoms with Crippen molar-refractivity contribution in [1.82, 2.24) is 4.98 Å². The Kier molecular flexibility index (Phi) is 3.45. The Balaban J connectivity index is 2.11. The van der Waals surface area contributed by atoms with Crippen LogP contribution in [0.5, 0.6) is 0 Å². The van der Waals surface area contributed by atoms with Crippen LogP contribution in [-0.4, -0.2) is 4.98 Å². The molecule has 0 saturated carbocycles. The average Bonchev–Trinajstić information content (AvgIpc) is 2.44. The van der Waals surface area contributed by atoms with Crippen molar-refractivity contribution in [3.05, 3.63) is 64.3 Å². The molecule has 3 heteroatoms. The standard InChI is InChI=1S/C17H15BrN2/c1-11-4-3-5-15(12(11)2)20-17-8-9-19-16-7-6-13(18)10-14(16)17/h3-10H,1-2H3,(H,19,20). The Morgan fingerprint density at radius 2 is 1.85 bits per heavy atom. The summed E-state index contributed by atoms with van der Waals surface area (Å²) in [6.07, 6.45) is 1.84. The highest BCUT2D eigenvalue weighted by Gasteiger charge is 2.05. The lowest BCUT2D eigenvalue weighted by molar-refractivity contribution is 1.33. The van der Waals surface area contributed by atoms with E-state index in [1.807, 2.05) is 24.4 Å². The molecule has 0 radical (unpaired) electrons. The topological polar surface area (TPSA) is 24.9 Å². The molecule has 2 nitrogen and oxygen atoms in total. The van der Waals surface area contributed by atoms with Crippen LogP contribution in [0.25, 0.3) is 10.9 Å². The molecular formula is C17H15BrN2. The van der Waals surface area contributed by atoms with Gasteiger partial charge in [-0.25, -0.2) is 0 Å². The fraction of sp³-hybridized carbons (Fsp3) is 0.118. The van der Waals surface area contributed by atoms with Crippen molar-refractivity contribution in [2.24, 2.45) is 0 Å². The van der Waals surface area contributed by atoms with Gasteiger partial charge in [0.25, 0.3) is 0 Å². The molecule has 1 N–H and O–H groups in total. The SMILES string of the molecule is Cc1cccc(Nc2ccnc3ccc(Br)cc23)c1C. The van der Waals surface area contributed by atoms with E-state index in [4.69, 9.17) is 0 Å². The first-order valence-corrected chi connectivity index (χ1v) is 7.32. The summed E-state index contributed by atoms with van der Waals surface area (Å²) in [6.45, 7) is 4.26. The maximum Gasteiger partial charge on any atom is 0.0723 e. The maximum absolute atomic E-state index is 4.40. The lowest BCUT2D eigenvalue weighted by Gasteiger charge is -2.13. The molecule has 0 saturated heterocycles. The minimum atomic E-state index is 0.989. The quantitative estimate of drug-likeness (QED) is 0.685. The van der Waals surface area contributed by atoms with Gasteiger partial charge in [0.2, 0.25) is 0 Å². The number of aromatic nitrogens is 1. The highest BCUT2D eigenvalue weighted by Crippen LogP contribution is 2.29. The molecule has 0 aliphatic rings. The van der Waals surface area contributed by atoms with Gasteiger partial charge in [0.05, 0.1) is 5.52 Å². The van der Waals surface area contributed by atoms with Gasteiger partial charge in [0.1, 0.15) is 0 Å². The van der Waals surface area contributed by atoms with Crippen molar-refractivity contribution in [2.45, 2.75) is 13.8 Å². The van der Waals surface area contributed by atoms with Crippen LogP contribution < -0.4 is 5.32 Å². The molecule has 2 aromatic carbocycles. The largest absolute Gasteiger partial charge is 0.355 e. The molecule has 1 aromatic heterocycles. The van der Waals surface area contributed by atoms with Crippen molar-refractivity contribution in [1.29, 1.82) is 0 Å². The van der Waals surface area contributed by atoms with Gasteiger partial charge in [-0.1, -0.05) is 28.1 Å². The van der Waals surface area contributed by atoms with E-state index < -0.39 is 0 Å². The molecule has 0 aliphatic heterocycles. The summed E-state index contributed by atoms with van der Waals surface area (Å²) < 4.78 is 1.06. The number of hydrogen-bond acceptors (Lipinski definition) is 2. The van der Waals surface area contributed by atoms with Crippen molar-refractivity contribution in [3.63, 3.8) is 0 Å². The second kappa shape index (κ2) is 5.25. The Morgan fingerprint density at radius 1 is 1.00 bits per heavy atom. The van der Waals surface area contributed by atoms with Crippen LogP contribution in [0.1, 0.15) is 11.1 Å². The zero-order valence-corrected chi connectivity index (χ0v) is 13.0. The molecule has 3 aromatic rings. The van der Waals surface area contributed by atoms with Crippen LogP contribution in [0.4, 0.5) is 11.4 Å². The number of anilines is 2. The molecule has 0 fully saturated rings.